The van der Waals surface area contributed by atoms with Crippen molar-refractivity contribution in [3.05, 3.63) is 89.5 Å². The molecule has 0 radical (unpaired) electrons. The topological polar surface area (TPSA) is 79.2 Å². The summed E-state index contributed by atoms with van der Waals surface area (Å²) in [6.07, 6.45) is 3.10. The number of nitrogens with one attached hydrogen (secondary N) is 1. The maximum absolute atomic E-state index is 12.5. The van der Waals surface area contributed by atoms with Gasteiger partial charge in [0.05, 0.1) is 31.2 Å². The number of carbonyl (C=O) groups excluding carboxylic acids is 2. The number of ether oxygens (including phenoxy) is 1. The van der Waals surface area contributed by atoms with Gasteiger partial charge in [0.15, 0.2) is 0 Å². The standard InChI is InChI=1S/C24H20N2O3/c1-29-24(28)15-22(21-12-11-19-4-2-3-5-20(19)14-21)26-23(27)13-10-17-6-8-18(16-25)9-7-17/h2-14,22H,15H2,1H3,(H,26,27). The minimum Gasteiger partial charge on any atom is -0.469 e. The molecule has 144 valence electrons. The highest BCUT2D eigenvalue weighted by Gasteiger charge is 2.18. The Hall–Kier alpha value is -3.91. The smallest absolute Gasteiger partial charge is 0.307 e. The molecule has 1 amide bonds. The molecule has 3 aromatic carbocycles. The molecule has 1 N–H and O–H groups in total. The van der Waals surface area contributed by atoms with E-state index in [0.717, 1.165) is 21.9 Å². The lowest BCUT2D eigenvalue weighted by Crippen LogP contribution is -2.29. The number of nitrogens with zero attached hydrogens (tertiary/aromatic N) is 1. The van der Waals surface area contributed by atoms with Crippen LogP contribution in [0.25, 0.3) is 16.8 Å². The Morgan fingerprint density at radius 3 is 2.48 bits per heavy atom. The molecule has 0 fully saturated rings. The van der Waals surface area contributed by atoms with E-state index in [1.807, 2.05) is 42.5 Å². The Bertz CT molecular complexity index is 1100. The number of esters is 1. The third-order valence-corrected chi connectivity index (χ3v) is 4.56. The van der Waals surface area contributed by atoms with E-state index in [4.69, 9.17) is 10.00 Å². The summed E-state index contributed by atoms with van der Waals surface area (Å²) in [6.45, 7) is 0. The molecule has 0 aliphatic rings. The van der Waals surface area contributed by atoms with Gasteiger partial charge in [-0.3, -0.25) is 9.59 Å². The molecular weight excluding hydrogens is 364 g/mol. The van der Waals surface area contributed by atoms with E-state index in [1.54, 1.807) is 30.3 Å². The first-order valence-electron chi connectivity index (χ1n) is 9.13. The Morgan fingerprint density at radius 1 is 1.07 bits per heavy atom. The summed E-state index contributed by atoms with van der Waals surface area (Å²) in [7, 11) is 1.33. The molecular formula is C24H20N2O3. The van der Waals surface area contributed by atoms with Crippen molar-refractivity contribution in [1.29, 1.82) is 5.26 Å². The molecule has 5 nitrogen and oxygen atoms in total. The first-order valence-corrected chi connectivity index (χ1v) is 9.13. The third kappa shape index (κ3) is 5.30. The molecule has 0 aromatic heterocycles. The summed E-state index contributed by atoms with van der Waals surface area (Å²) < 4.78 is 4.79. The fourth-order valence-electron chi connectivity index (χ4n) is 2.99. The predicted molar refractivity (Wildman–Crippen MR) is 112 cm³/mol. The number of hydrogen-bond acceptors (Lipinski definition) is 4. The van der Waals surface area contributed by atoms with Crippen LogP contribution in [0.3, 0.4) is 0 Å². The van der Waals surface area contributed by atoms with Gasteiger partial charge >= 0.3 is 5.97 Å². The quantitative estimate of drug-likeness (QED) is 0.512. The van der Waals surface area contributed by atoms with Crippen LogP contribution in [0, 0.1) is 11.3 Å². The van der Waals surface area contributed by atoms with E-state index in [0.29, 0.717) is 5.56 Å². The molecule has 0 saturated heterocycles. The SMILES string of the molecule is COC(=O)CC(NC(=O)C=Cc1ccc(C#N)cc1)c1ccc2ccccc2c1. The Kier molecular flexibility index (Phi) is 6.39. The number of methoxy groups -OCH3 is 1. The van der Waals surface area contributed by atoms with E-state index in [2.05, 4.69) is 11.4 Å². The fourth-order valence-corrected chi connectivity index (χ4v) is 2.99. The van der Waals surface area contributed by atoms with E-state index < -0.39 is 12.0 Å². The van der Waals surface area contributed by atoms with Gasteiger partial charge < -0.3 is 10.1 Å². The number of nitriles is 1. The first-order chi connectivity index (χ1) is 14.1. The van der Waals surface area contributed by atoms with Gasteiger partial charge in [0.25, 0.3) is 0 Å². The van der Waals surface area contributed by atoms with Crippen molar-refractivity contribution in [2.75, 3.05) is 7.11 Å². The molecule has 29 heavy (non-hydrogen) atoms. The van der Waals surface area contributed by atoms with E-state index >= 15 is 0 Å². The Balaban J connectivity index is 1.78. The van der Waals surface area contributed by atoms with Crippen LogP contribution in [0.15, 0.2) is 72.8 Å². The normalized spacial score (nSPS) is 11.7. The number of rotatable bonds is 6. The third-order valence-electron chi connectivity index (χ3n) is 4.56. The van der Waals surface area contributed by atoms with Crippen molar-refractivity contribution in [2.24, 2.45) is 0 Å². The lowest BCUT2D eigenvalue weighted by molar-refractivity contribution is -0.141. The van der Waals surface area contributed by atoms with Crippen LogP contribution in [-0.2, 0) is 14.3 Å². The zero-order valence-electron chi connectivity index (χ0n) is 16.0. The zero-order chi connectivity index (χ0) is 20.6. The molecule has 0 saturated carbocycles. The van der Waals surface area contributed by atoms with E-state index in [-0.39, 0.29) is 12.3 Å². The van der Waals surface area contributed by atoms with Crippen molar-refractivity contribution in [3.63, 3.8) is 0 Å². The number of amides is 1. The molecule has 0 bridgehead atoms. The van der Waals surface area contributed by atoms with E-state index in [1.165, 1.54) is 13.2 Å². The summed E-state index contributed by atoms with van der Waals surface area (Å²) in [4.78, 5) is 24.3. The van der Waals surface area contributed by atoms with Crippen molar-refractivity contribution < 1.29 is 14.3 Å². The maximum Gasteiger partial charge on any atom is 0.307 e. The second-order valence-corrected chi connectivity index (χ2v) is 6.52. The van der Waals surface area contributed by atoms with Crippen LogP contribution in [0.4, 0.5) is 0 Å². The first kappa shape index (κ1) is 19.8. The molecule has 0 heterocycles. The molecule has 1 atom stereocenters. The van der Waals surface area contributed by atoms with Crippen LogP contribution >= 0.6 is 0 Å². The predicted octanol–water partition coefficient (Wildman–Crippen LogP) is 4.15. The monoisotopic (exact) mass is 384 g/mol. The summed E-state index contributed by atoms with van der Waals surface area (Å²) in [5.74, 6) is -0.726. The van der Waals surface area contributed by atoms with Gasteiger partial charge in [-0.2, -0.15) is 5.26 Å². The van der Waals surface area contributed by atoms with Gasteiger partial charge in [-0.15, -0.1) is 0 Å². The number of fused-ring (bicyclic) bond motifs is 1. The molecule has 0 aliphatic heterocycles. The van der Waals surface area contributed by atoms with Crippen LogP contribution in [-0.4, -0.2) is 19.0 Å². The van der Waals surface area contributed by atoms with Crippen molar-refractivity contribution in [3.8, 4) is 6.07 Å². The lowest BCUT2D eigenvalue weighted by atomic mass is 9.99. The van der Waals surface area contributed by atoms with Crippen molar-refractivity contribution in [1.82, 2.24) is 5.32 Å². The summed E-state index contributed by atoms with van der Waals surface area (Å²) in [5.41, 5.74) is 2.18. The van der Waals surface area contributed by atoms with Gasteiger partial charge in [0, 0.05) is 6.08 Å². The molecule has 3 aromatic rings. The highest BCUT2D eigenvalue weighted by Crippen LogP contribution is 2.23. The van der Waals surface area contributed by atoms with Gasteiger partial charge in [-0.05, 0) is 46.2 Å². The van der Waals surface area contributed by atoms with Crippen LogP contribution in [0.2, 0.25) is 0 Å². The van der Waals surface area contributed by atoms with Crippen molar-refractivity contribution in [2.45, 2.75) is 12.5 Å². The van der Waals surface area contributed by atoms with Gasteiger partial charge in [0.2, 0.25) is 5.91 Å². The minimum atomic E-state index is -0.509. The summed E-state index contributed by atoms with van der Waals surface area (Å²) in [6, 6.07) is 22.2. The van der Waals surface area contributed by atoms with Crippen LogP contribution in [0.5, 0.6) is 0 Å². The molecule has 1 unspecified atom stereocenters. The Labute approximate surface area is 169 Å². The maximum atomic E-state index is 12.5. The highest BCUT2D eigenvalue weighted by molar-refractivity contribution is 5.92. The van der Waals surface area contributed by atoms with Gasteiger partial charge in [-0.25, -0.2) is 0 Å². The number of benzene rings is 3. The van der Waals surface area contributed by atoms with Crippen molar-refractivity contribution >= 4 is 28.7 Å². The zero-order valence-corrected chi connectivity index (χ0v) is 16.0. The summed E-state index contributed by atoms with van der Waals surface area (Å²) in [5, 5.41) is 13.8. The minimum absolute atomic E-state index is 0.0330. The molecule has 0 spiro atoms. The highest BCUT2D eigenvalue weighted by atomic mass is 16.5. The van der Waals surface area contributed by atoms with Crippen LogP contribution in [0.1, 0.15) is 29.2 Å². The Morgan fingerprint density at radius 2 is 1.79 bits per heavy atom. The average Bonchev–Trinajstić information content (AvgIpc) is 2.77. The van der Waals surface area contributed by atoms with Crippen LogP contribution < -0.4 is 5.32 Å². The second-order valence-electron chi connectivity index (χ2n) is 6.52. The lowest BCUT2D eigenvalue weighted by Gasteiger charge is -2.18. The average molecular weight is 384 g/mol. The summed E-state index contributed by atoms with van der Waals surface area (Å²) >= 11 is 0. The largest absolute Gasteiger partial charge is 0.469 e. The van der Waals surface area contributed by atoms with E-state index in [9.17, 15) is 9.59 Å². The number of hydrogen-bond donors (Lipinski definition) is 1. The molecule has 5 heteroatoms. The number of carbonyl (C=O) groups is 2. The van der Waals surface area contributed by atoms with Gasteiger partial charge in [-0.1, -0.05) is 48.5 Å². The second kappa shape index (κ2) is 9.34. The molecule has 0 aliphatic carbocycles. The molecule has 3 rings (SSSR count). The van der Waals surface area contributed by atoms with Gasteiger partial charge in [0.1, 0.15) is 0 Å². The fraction of sp³-hybridized carbons (Fsp3) is 0.125.